The summed E-state index contributed by atoms with van der Waals surface area (Å²) in [5, 5.41) is 28.7. The molecule has 8 rings (SSSR count). The van der Waals surface area contributed by atoms with Crippen LogP contribution in [0.3, 0.4) is 0 Å². The van der Waals surface area contributed by atoms with E-state index in [0.717, 1.165) is 44.8 Å². The minimum Gasteiger partial charge on any atom is -0.457 e. The van der Waals surface area contributed by atoms with E-state index in [9.17, 15) is 9.90 Å². The molecule has 0 radical (unpaired) electrons. The lowest BCUT2D eigenvalue weighted by Crippen LogP contribution is -2.38. The molecule has 1 saturated heterocycles. The fourth-order valence-electron chi connectivity index (χ4n) is 6.82. The number of carbonyl (C=O) groups is 1. The molecule has 4 unspecified atom stereocenters. The number of carbonyl (C=O) groups excluding carboxylic acids is 1. The number of amides is 2. The van der Waals surface area contributed by atoms with E-state index in [-0.39, 0.29) is 30.8 Å². The number of urea groups is 1. The van der Waals surface area contributed by atoms with Crippen LogP contribution in [0.5, 0.6) is 11.5 Å². The van der Waals surface area contributed by atoms with Gasteiger partial charge in [0.1, 0.15) is 11.5 Å². The maximum Gasteiger partial charge on any atom is 0.319 e. The van der Waals surface area contributed by atoms with Crippen LogP contribution in [0.15, 0.2) is 163 Å². The van der Waals surface area contributed by atoms with Crippen LogP contribution < -0.4 is 15.4 Å². The van der Waals surface area contributed by atoms with Crippen LogP contribution in [0.4, 0.5) is 10.5 Å². The molecule has 6 aromatic carbocycles. The fraction of sp³-hybridized carbons (Fsp3) is 0.174. The normalized spacial score (nSPS) is 17.7. The van der Waals surface area contributed by atoms with Gasteiger partial charge in [-0.3, -0.25) is 0 Å². The maximum absolute atomic E-state index is 12.9. The molecule has 1 aliphatic heterocycles. The average molecular weight is 791 g/mol. The van der Waals surface area contributed by atoms with Crippen molar-refractivity contribution in [2.45, 2.75) is 43.7 Å². The van der Waals surface area contributed by atoms with Gasteiger partial charge in [0.2, 0.25) is 5.16 Å². The van der Waals surface area contributed by atoms with E-state index in [1.54, 1.807) is 28.6 Å². The smallest absolute Gasteiger partial charge is 0.319 e. The summed E-state index contributed by atoms with van der Waals surface area (Å²) >= 11 is 1.54. The number of nitrogens with one attached hydrogen (secondary N) is 2. The summed E-state index contributed by atoms with van der Waals surface area (Å²) in [5.74, 6) is 2.02. The Morgan fingerprint density at radius 3 is 2.19 bits per heavy atom. The molecule has 4 atom stereocenters. The van der Waals surface area contributed by atoms with Crippen molar-refractivity contribution in [3.8, 4) is 28.3 Å². The molecule has 11 nitrogen and oxygen atoms in total. The topological polar surface area (TPSA) is 133 Å². The van der Waals surface area contributed by atoms with Gasteiger partial charge in [-0.2, -0.15) is 4.68 Å². The zero-order chi connectivity index (χ0) is 39.7. The first-order valence-electron chi connectivity index (χ1n) is 19.0. The van der Waals surface area contributed by atoms with E-state index in [1.807, 2.05) is 133 Å². The number of hydrogen-bond donors (Lipinski definition) is 3. The van der Waals surface area contributed by atoms with Crippen LogP contribution in [-0.2, 0) is 22.6 Å². The molecule has 2 heterocycles. The van der Waals surface area contributed by atoms with E-state index in [1.165, 1.54) is 0 Å². The number of ether oxygens (including phenoxy) is 3. The lowest BCUT2D eigenvalue weighted by molar-refractivity contribution is -0.268. The Hall–Kier alpha value is -6.31. The summed E-state index contributed by atoms with van der Waals surface area (Å²) in [6, 6.07) is 50.4. The Kier molecular flexibility index (Phi) is 12.2. The van der Waals surface area contributed by atoms with Crippen molar-refractivity contribution in [3.05, 3.63) is 180 Å². The van der Waals surface area contributed by atoms with E-state index in [2.05, 4.69) is 45.2 Å². The number of tetrazole rings is 1. The second kappa shape index (κ2) is 18.3. The third-order valence-corrected chi connectivity index (χ3v) is 11.0. The minimum atomic E-state index is -0.636. The van der Waals surface area contributed by atoms with E-state index >= 15 is 0 Å². The zero-order valence-corrected chi connectivity index (χ0v) is 32.5. The summed E-state index contributed by atoms with van der Waals surface area (Å²) in [5.41, 5.74) is 7.24. The van der Waals surface area contributed by atoms with Gasteiger partial charge in [0.05, 0.1) is 24.5 Å². The first-order valence-corrected chi connectivity index (χ1v) is 20.0. The van der Waals surface area contributed by atoms with Crippen molar-refractivity contribution in [3.63, 3.8) is 0 Å². The second-order valence-corrected chi connectivity index (χ2v) is 14.9. The molecule has 1 aliphatic rings. The second-order valence-electron chi connectivity index (χ2n) is 13.9. The van der Waals surface area contributed by atoms with Crippen molar-refractivity contribution in [2.75, 3.05) is 11.1 Å². The minimum absolute atomic E-state index is 0.00588. The molecule has 0 saturated carbocycles. The first-order chi connectivity index (χ1) is 28.5. The molecule has 2 amide bonds. The Labute approximate surface area is 341 Å². The molecule has 1 fully saturated rings. The van der Waals surface area contributed by atoms with Crippen molar-refractivity contribution in [2.24, 2.45) is 5.92 Å². The maximum atomic E-state index is 12.9. The number of aliphatic hydroxyl groups excluding tert-OH is 1. The Morgan fingerprint density at radius 2 is 1.45 bits per heavy atom. The van der Waals surface area contributed by atoms with Crippen LogP contribution in [0, 0.1) is 5.92 Å². The van der Waals surface area contributed by atoms with Crippen molar-refractivity contribution in [1.82, 2.24) is 25.5 Å². The molecule has 0 aliphatic carbocycles. The van der Waals surface area contributed by atoms with Gasteiger partial charge in [-0.25, -0.2) is 4.79 Å². The highest BCUT2D eigenvalue weighted by molar-refractivity contribution is 7.99. The van der Waals surface area contributed by atoms with Crippen molar-refractivity contribution in [1.29, 1.82) is 0 Å². The summed E-state index contributed by atoms with van der Waals surface area (Å²) in [7, 11) is 0. The number of thioether (sulfide) groups is 1. The number of aliphatic hydroxyl groups is 1. The summed E-state index contributed by atoms with van der Waals surface area (Å²) in [6.07, 6.45) is -1.10. The summed E-state index contributed by atoms with van der Waals surface area (Å²) < 4.78 is 21.0. The van der Waals surface area contributed by atoms with Gasteiger partial charge in [-0.05, 0) is 86.8 Å². The number of nitrogens with zero attached hydrogens (tertiary/aromatic N) is 4. The van der Waals surface area contributed by atoms with Gasteiger partial charge in [0, 0.05) is 29.5 Å². The molecule has 7 aromatic rings. The molecule has 292 valence electrons. The van der Waals surface area contributed by atoms with Gasteiger partial charge in [0.25, 0.3) is 0 Å². The number of rotatable bonds is 13. The van der Waals surface area contributed by atoms with Crippen LogP contribution in [-0.4, -0.2) is 43.2 Å². The number of aromatic nitrogens is 4. The molecular formula is C46H42N6O5S. The number of hydrogen-bond acceptors (Lipinski definition) is 9. The number of anilines is 1. The SMILES string of the molecule is CC1C(CSc2nnnn2-c2ccccc2)OC(c2ccc(-c3ccccc3CNC(=O)Nc3ccc(Oc4ccccc4)cc3)cc2)OC1c1ccc(CO)cc1. The van der Waals surface area contributed by atoms with Gasteiger partial charge in [0.15, 0.2) is 6.29 Å². The molecule has 0 bridgehead atoms. The molecule has 0 spiro atoms. The lowest BCUT2D eigenvalue weighted by Gasteiger charge is -2.41. The van der Waals surface area contributed by atoms with Crippen LogP contribution in [0.25, 0.3) is 16.8 Å². The molecule has 12 heteroatoms. The first kappa shape index (κ1) is 38.6. The fourth-order valence-corrected chi connectivity index (χ4v) is 7.88. The van der Waals surface area contributed by atoms with E-state index < -0.39 is 6.29 Å². The summed E-state index contributed by atoms with van der Waals surface area (Å²) in [4.78, 5) is 12.9. The van der Waals surface area contributed by atoms with Crippen LogP contribution in [0.2, 0.25) is 0 Å². The van der Waals surface area contributed by atoms with Crippen LogP contribution in [0.1, 0.15) is 41.6 Å². The van der Waals surface area contributed by atoms with Crippen LogP contribution >= 0.6 is 11.8 Å². The average Bonchev–Trinajstić information content (AvgIpc) is 3.76. The Morgan fingerprint density at radius 1 is 0.776 bits per heavy atom. The molecule has 3 N–H and O–H groups in total. The quantitative estimate of drug-likeness (QED) is 0.0978. The van der Waals surface area contributed by atoms with Gasteiger partial charge in [-0.15, -0.1) is 5.10 Å². The van der Waals surface area contributed by atoms with E-state index in [4.69, 9.17) is 14.2 Å². The predicted octanol–water partition coefficient (Wildman–Crippen LogP) is 9.52. The molecule has 58 heavy (non-hydrogen) atoms. The number of benzene rings is 6. The molecule has 1 aromatic heterocycles. The monoisotopic (exact) mass is 790 g/mol. The highest BCUT2D eigenvalue weighted by Gasteiger charge is 2.38. The summed E-state index contributed by atoms with van der Waals surface area (Å²) in [6.45, 7) is 2.44. The standard InChI is InChI=1S/C46H42N6O5S/c1-31-42(30-58-46-49-50-51-52(46)38-11-4-2-5-12-38)56-44(57-43(31)34-18-16-32(29-53)17-19-34)35-22-20-33(21-23-35)41-15-9-8-10-36(41)28-47-45(54)48-37-24-26-40(27-25-37)55-39-13-6-3-7-14-39/h2-27,31,42-44,53H,28-30H2,1H3,(H2,47,48,54). The highest BCUT2D eigenvalue weighted by atomic mass is 32.2. The zero-order valence-electron chi connectivity index (χ0n) is 31.7. The Bertz CT molecular complexity index is 2400. The lowest BCUT2D eigenvalue weighted by atomic mass is 9.91. The third-order valence-electron chi connectivity index (χ3n) is 9.98. The van der Waals surface area contributed by atoms with E-state index in [0.29, 0.717) is 28.9 Å². The highest BCUT2D eigenvalue weighted by Crippen LogP contribution is 2.43. The molecular weight excluding hydrogens is 749 g/mol. The van der Waals surface area contributed by atoms with Gasteiger partial charge < -0.3 is 30.0 Å². The predicted molar refractivity (Wildman–Crippen MR) is 224 cm³/mol. The largest absolute Gasteiger partial charge is 0.457 e. The number of para-hydroxylation sites is 2. The van der Waals surface area contributed by atoms with Crippen molar-refractivity contribution < 1.29 is 24.1 Å². The van der Waals surface area contributed by atoms with Gasteiger partial charge in [-0.1, -0.05) is 128 Å². The Balaban J connectivity index is 0.944. The van der Waals surface area contributed by atoms with Gasteiger partial charge >= 0.3 is 6.03 Å². The van der Waals surface area contributed by atoms with Crippen molar-refractivity contribution >= 4 is 23.5 Å². The third kappa shape index (κ3) is 9.28.